The highest BCUT2D eigenvalue weighted by atomic mass is 79.9. The number of aromatic nitrogens is 1. The second-order valence-electron chi connectivity index (χ2n) is 5.17. The summed E-state index contributed by atoms with van der Waals surface area (Å²) in [5, 5.41) is 4.30. The number of rotatable bonds is 7. The Morgan fingerprint density at radius 3 is 2.86 bits per heavy atom. The Balaban J connectivity index is 2.15. The first-order chi connectivity index (χ1) is 10.2. The van der Waals surface area contributed by atoms with Crippen molar-refractivity contribution in [2.45, 2.75) is 25.7 Å². The van der Waals surface area contributed by atoms with E-state index in [1.165, 1.54) is 11.1 Å². The predicted molar refractivity (Wildman–Crippen MR) is 93.0 cm³/mol. The summed E-state index contributed by atoms with van der Waals surface area (Å²) in [6.07, 6.45) is 5.83. The molecule has 4 heteroatoms. The Labute approximate surface area is 140 Å². The van der Waals surface area contributed by atoms with Gasteiger partial charge in [-0.1, -0.05) is 30.7 Å². The third kappa shape index (κ3) is 5.42. The number of hydrogen-bond acceptors (Lipinski definition) is 2. The lowest BCUT2D eigenvalue weighted by Crippen LogP contribution is -2.23. The van der Waals surface area contributed by atoms with Crippen LogP contribution in [0.2, 0.25) is 5.02 Å². The van der Waals surface area contributed by atoms with Crippen LogP contribution in [0.5, 0.6) is 0 Å². The van der Waals surface area contributed by atoms with E-state index in [9.17, 15) is 0 Å². The van der Waals surface area contributed by atoms with Crippen molar-refractivity contribution in [3.63, 3.8) is 0 Å². The van der Waals surface area contributed by atoms with Gasteiger partial charge in [-0.15, -0.1) is 0 Å². The zero-order chi connectivity index (χ0) is 15.1. The lowest BCUT2D eigenvalue weighted by Gasteiger charge is -2.18. The van der Waals surface area contributed by atoms with Gasteiger partial charge in [0.05, 0.1) is 0 Å². The lowest BCUT2D eigenvalue weighted by atomic mass is 9.92. The maximum atomic E-state index is 6.14. The first kappa shape index (κ1) is 16.5. The second-order valence-corrected chi connectivity index (χ2v) is 6.52. The summed E-state index contributed by atoms with van der Waals surface area (Å²) in [5.74, 6) is 0.395. The third-order valence-corrected chi connectivity index (χ3v) is 4.05. The summed E-state index contributed by atoms with van der Waals surface area (Å²) >= 11 is 9.62. The fourth-order valence-electron chi connectivity index (χ4n) is 2.37. The molecule has 0 amide bonds. The van der Waals surface area contributed by atoms with Crippen molar-refractivity contribution in [2.75, 3.05) is 13.1 Å². The Hall–Kier alpha value is -0.900. The highest BCUT2D eigenvalue weighted by Crippen LogP contribution is 2.24. The monoisotopic (exact) mass is 366 g/mol. The molecule has 1 aromatic carbocycles. The molecule has 0 aliphatic rings. The molecule has 2 nitrogen and oxygen atoms in total. The summed E-state index contributed by atoms with van der Waals surface area (Å²) in [6.45, 7) is 4.16. The van der Waals surface area contributed by atoms with Gasteiger partial charge in [-0.05, 0) is 64.6 Å². The molecule has 2 aromatic rings. The van der Waals surface area contributed by atoms with E-state index in [-0.39, 0.29) is 0 Å². The van der Waals surface area contributed by atoms with Gasteiger partial charge in [-0.3, -0.25) is 4.98 Å². The van der Waals surface area contributed by atoms with Gasteiger partial charge < -0.3 is 5.32 Å². The Morgan fingerprint density at radius 1 is 1.29 bits per heavy atom. The van der Waals surface area contributed by atoms with Crippen LogP contribution in [-0.4, -0.2) is 18.1 Å². The summed E-state index contributed by atoms with van der Waals surface area (Å²) < 4.78 is 1.02. The van der Waals surface area contributed by atoms with E-state index in [2.05, 4.69) is 51.4 Å². The Morgan fingerprint density at radius 2 is 2.14 bits per heavy atom. The average Bonchev–Trinajstić information content (AvgIpc) is 2.46. The van der Waals surface area contributed by atoms with Crippen molar-refractivity contribution in [1.29, 1.82) is 0 Å². The van der Waals surface area contributed by atoms with E-state index in [1.807, 2.05) is 24.5 Å². The fraction of sp³-hybridized carbons (Fsp3) is 0.353. The molecule has 0 saturated carbocycles. The molecular weight excluding hydrogens is 348 g/mol. The van der Waals surface area contributed by atoms with Gasteiger partial charge in [0.25, 0.3) is 0 Å². The van der Waals surface area contributed by atoms with Gasteiger partial charge in [0.15, 0.2) is 0 Å². The van der Waals surface area contributed by atoms with Crippen LogP contribution in [0, 0.1) is 0 Å². The minimum absolute atomic E-state index is 0.395. The van der Waals surface area contributed by atoms with Crippen molar-refractivity contribution in [2.24, 2.45) is 0 Å². The second kappa shape index (κ2) is 8.52. The number of hydrogen-bond donors (Lipinski definition) is 1. The molecule has 0 aliphatic heterocycles. The molecule has 0 aliphatic carbocycles. The normalized spacial score (nSPS) is 12.3. The minimum atomic E-state index is 0.395. The van der Waals surface area contributed by atoms with E-state index < -0.39 is 0 Å². The number of nitrogens with one attached hydrogen (secondary N) is 1. The number of nitrogens with zero attached hydrogens (tertiary/aromatic N) is 1. The van der Waals surface area contributed by atoms with Crippen LogP contribution < -0.4 is 5.32 Å². The SMILES string of the molecule is CCCNCC(Cc1cncc(Br)c1)c1cccc(Cl)c1. The van der Waals surface area contributed by atoms with Crippen molar-refractivity contribution in [3.05, 3.63) is 63.3 Å². The molecule has 0 saturated heterocycles. The van der Waals surface area contributed by atoms with Crippen LogP contribution in [0.25, 0.3) is 0 Å². The van der Waals surface area contributed by atoms with Crippen LogP contribution in [0.3, 0.4) is 0 Å². The number of halogens is 2. The third-order valence-electron chi connectivity index (χ3n) is 3.38. The predicted octanol–water partition coefficient (Wildman–Crippen LogP) is 4.82. The van der Waals surface area contributed by atoms with E-state index in [4.69, 9.17) is 11.6 Å². The average molecular weight is 368 g/mol. The largest absolute Gasteiger partial charge is 0.316 e. The van der Waals surface area contributed by atoms with E-state index in [0.29, 0.717) is 5.92 Å². The molecule has 1 aromatic heterocycles. The summed E-state index contributed by atoms with van der Waals surface area (Å²) in [6, 6.07) is 10.3. The van der Waals surface area contributed by atoms with E-state index >= 15 is 0 Å². The molecule has 0 radical (unpaired) electrons. The smallest absolute Gasteiger partial charge is 0.0410 e. The molecule has 1 heterocycles. The molecule has 1 atom stereocenters. The lowest BCUT2D eigenvalue weighted by molar-refractivity contribution is 0.576. The summed E-state index contributed by atoms with van der Waals surface area (Å²) in [7, 11) is 0. The Kier molecular flexibility index (Phi) is 6.68. The van der Waals surface area contributed by atoms with E-state index in [0.717, 1.165) is 35.4 Å². The quantitative estimate of drug-likeness (QED) is 0.709. The number of benzene rings is 1. The zero-order valence-electron chi connectivity index (χ0n) is 12.2. The topological polar surface area (TPSA) is 24.9 Å². The molecule has 0 spiro atoms. The van der Waals surface area contributed by atoms with Crippen LogP contribution in [0.4, 0.5) is 0 Å². The van der Waals surface area contributed by atoms with Crippen molar-refractivity contribution >= 4 is 27.5 Å². The van der Waals surface area contributed by atoms with Crippen LogP contribution in [0.1, 0.15) is 30.4 Å². The van der Waals surface area contributed by atoms with Gasteiger partial charge >= 0.3 is 0 Å². The van der Waals surface area contributed by atoms with Gasteiger partial charge in [-0.2, -0.15) is 0 Å². The first-order valence-electron chi connectivity index (χ1n) is 7.24. The zero-order valence-corrected chi connectivity index (χ0v) is 14.5. The standard InChI is InChI=1S/C17H20BrClN2/c1-2-6-20-11-15(14-4-3-5-17(19)9-14)7-13-8-16(18)12-21-10-13/h3-5,8-10,12,15,20H,2,6-7,11H2,1H3. The van der Waals surface area contributed by atoms with Crippen LogP contribution in [-0.2, 0) is 6.42 Å². The first-order valence-corrected chi connectivity index (χ1v) is 8.41. The van der Waals surface area contributed by atoms with Gasteiger partial charge in [0.1, 0.15) is 0 Å². The van der Waals surface area contributed by atoms with Gasteiger partial charge in [0.2, 0.25) is 0 Å². The van der Waals surface area contributed by atoms with E-state index in [1.54, 1.807) is 0 Å². The molecule has 1 unspecified atom stereocenters. The molecule has 1 N–H and O–H groups in total. The molecule has 2 rings (SSSR count). The maximum absolute atomic E-state index is 6.14. The maximum Gasteiger partial charge on any atom is 0.0410 e. The summed E-state index contributed by atoms with van der Waals surface area (Å²) in [4.78, 5) is 4.25. The number of pyridine rings is 1. The van der Waals surface area contributed by atoms with Crippen LogP contribution in [0.15, 0.2) is 47.2 Å². The van der Waals surface area contributed by atoms with Gasteiger partial charge in [0, 0.05) is 34.4 Å². The van der Waals surface area contributed by atoms with Crippen LogP contribution >= 0.6 is 27.5 Å². The van der Waals surface area contributed by atoms with Crippen molar-refractivity contribution in [1.82, 2.24) is 10.3 Å². The van der Waals surface area contributed by atoms with Crippen molar-refractivity contribution < 1.29 is 0 Å². The molecule has 0 fully saturated rings. The van der Waals surface area contributed by atoms with Gasteiger partial charge in [-0.25, -0.2) is 0 Å². The molecule has 0 bridgehead atoms. The highest BCUT2D eigenvalue weighted by Gasteiger charge is 2.13. The Bertz CT molecular complexity index is 574. The molecule has 112 valence electrons. The molecular formula is C17H20BrClN2. The summed E-state index contributed by atoms with van der Waals surface area (Å²) in [5.41, 5.74) is 2.50. The highest BCUT2D eigenvalue weighted by molar-refractivity contribution is 9.10. The molecule has 21 heavy (non-hydrogen) atoms. The van der Waals surface area contributed by atoms with Crippen molar-refractivity contribution in [3.8, 4) is 0 Å². The minimum Gasteiger partial charge on any atom is -0.316 e. The fourth-order valence-corrected chi connectivity index (χ4v) is 2.98.